The molecule has 208 valence electrons. The van der Waals surface area contributed by atoms with Crippen LogP contribution in [0.15, 0.2) is 77.7 Å². The quantitative estimate of drug-likeness (QED) is 0.340. The van der Waals surface area contributed by atoms with Gasteiger partial charge in [0.05, 0.1) is 10.6 Å². The molecular formula is C29H33Cl2N3O4S. The van der Waals surface area contributed by atoms with Crippen LogP contribution in [0.4, 0.5) is 5.69 Å². The third kappa shape index (κ3) is 7.97. The van der Waals surface area contributed by atoms with Crippen molar-refractivity contribution in [1.82, 2.24) is 10.2 Å². The molecule has 0 heterocycles. The normalized spacial score (nSPS) is 12.5. The molecule has 3 aromatic carbocycles. The van der Waals surface area contributed by atoms with Crippen molar-refractivity contribution < 1.29 is 18.0 Å². The van der Waals surface area contributed by atoms with Gasteiger partial charge in [0.15, 0.2) is 0 Å². The van der Waals surface area contributed by atoms with E-state index in [1.54, 1.807) is 68.4 Å². The van der Waals surface area contributed by atoms with Crippen LogP contribution in [0.25, 0.3) is 0 Å². The Labute approximate surface area is 240 Å². The molecule has 39 heavy (non-hydrogen) atoms. The number of rotatable bonds is 9. The van der Waals surface area contributed by atoms with Gasteiger partial charge in [0.1, 0.15) is 12.6 Å². The van der Waals surface area contributed by atoms with Crippen LogP contribution < -0.4 is 9.62 Å². The van der Waals surface area contributed by atoms with Crippen molar-refractivity contribution in [2.45, 2.75) is 57.6 Å². The molecular weight excluding hydrogens is 557 g/mol. The number of nitrogens with zero attached hydrogens (tertiary/aromatic N) is 2. The van der Waals surface area contributed by atoms with Gasteiger partial charge in [0, 0.05) is 22.1 Å². The summed E-state index contributed by atoms with van der Waals surface area (Å²) < 4.78 is 28.6. The number of nitrogens with one attached hydrogen (secondary N) is 1. The van der Waals surface area contributed by atoms with Crippen LogP contribution in [0.1, 0.15) is 38.8 Å². The lowest BCUT2D eigenvalue weighted by molar-refractivity contribution is -0.140. The number of benzene rings is 3. The zero-order valence-corrected chi connectivity index (χ0v) is 24.9. The third-order valence-electron chi connectivity index (χ3n) is 5.99. The first-order valence-electron chi connectivity index (χ1n) is 12.4. The van der Waals surface area contributed by atoms with Crippen LogP contribution >= 0.6 is 23.2 Å². The van der Waals surface area contributed by atoms with Crippen LogP contribution in [0.3, 0.4) is 0 Å². The van der Waals surface area contributed by atoms with Crippen molar-refractivity contribution in [3.63, 3.8) is 0 Å². The Hall–Kier alpha value is -3.07. The molecule has 0 aromatic heterocycles. The molecule has 0 aliphatic heterocycles. The molecule has 0 spiro atoms. The van der Waals surface area contributed by atoms with Gasteiger partial charge in [-0.05, 0) is 82.1 Å². The zero-order valence-electron chi connectivity index (χ0n) is 22.6. The van der Waals surface area contributed by atoms with E-state index in [1.807, 2.05) is 20.8 Å². The summed E-state index contributed by atoms with van der Waals surface area (Å²) in [5, 5.41) is 3.80. The molecule has 2 amide bonds. The molecule has 0 bridgehead atoms. The number of sulfonamides is 1. The van der Waals surface area contributed by atoms with Crippen molar-refractivity contribution in [2.75, 3.05) is 10.8 Å². The maximum Gasteiger partial charge on any atom is 0.264 e. The molecule has 10 heteroatoms. The monoisotopic (exact) mass is 589 g/mol. The molecule has 0 aliphatic rings. The van der Waals surface area contributed by atoms with E-state index >= 15 is 0 Å². The lowest BCUT2D eigenvalue weighted by Gasteiger charge is -2.33. The lowest BCUT2D eigenvalue weighted by atomic mass is 10.1. The number of amides is 2. The van der Waals surface area contributed by atoms with E-state index in [4.69, 9.17) is 23.2 Å². The van der Waals surface area contributed by atoms with E-state index in [1.165, 1.54) is 23.1 Å². The van der Waals surface area contributed by atoms with Gasteiger partial charge in [-0.2, -0.15) is 0 Å². The summed E-state index contributed by atoms with van der Waals surface area (Å²) in [5.74, 6) is -0.918. The Bertz CT molecular complexity index is 1420. The standard InChI is InChI=1S/C29H33Cl2N3O4S/c1-20-11-16-24(17-26(20)31)34(39(37,38)25-9-7-6-8-10-25)19-27(35)33(18-22-12-14-23(30)15-13-22)21(2)28(36)32-29(3,4)5/h6-17,21H,18-19H2,1-5H3,(H,32,36)/t21-/m1/s1. The van der Waals surface area contributed by atoms with Gasteiger partial charge in [-0.25, -0.2) is 8.42 Å². The third-order valence-corrected chi connectivity index (χ3v) is 8.43. The fourth-order valence-electron chi connectivity index (χ4n) is 3.83. The topological polar surface area (TPSA) is 86.8 Å². The van der Waals surface area contributed by atoms with Gasteiger partial charge in [-0.1, -0.05) is 59.6 Å². The van der Waals surface area contributed by atoms with Gasteiger partial charge in [-0.15, -0.1) is 0 Å². The van der Waals surface area contributed by atoms with Gasteiger partial charge < -0.3 is 10.2 Å². The molecule has 0 aliphatic carbocycles. The Morgan fingerprint density at radius 2 is 1.56 bits per heavy atom. The fraction of sp³-hybridized carbons (Fsp3) is 0.310. The average molecular weight is 591 g/mol. The first-order chi connectivity index (χ1) is 18.2. The Morgan fingerprint density at radius 1 is 0.949 bits per heavy atom. The van der Waals surface area contributed by atoms with E-state index < -0.39 is 34.1 Å². The van der Waals surface area contributed by atoms with E-state index in [0.717, 1.165) is 15.4 Å². The number of hydrogen-bond donors (Lipinski definition) is 1. The highest BCUT2D eigenvalue weighted by atomic mass is 35.5. The van der Waals surface area contributed by atoms with E-state index in [9.17, 15) is 18.0 Å². The Balaban J connectivity index is 2.04. The number of carbonyl (C=O) groups is 2. The van der Waals surface area contributed by atoms with E-state index in [-0.39, 0.29) is 23.0 Å². The van der Waals surface area contributed by atoms with Crippen molar-refractivity contribution in [3.05, 3.63) is 94.0 Å². The highest BCUT2D eigenvalue weighted by Gasteiger charge is 2.33. The Morgan fingerprint density at radius 3 is 2.13 bits per heavy atom. The zero-order chi connectivity index (χ0) is 29.0. The molecule has 1 atom stereocenters. The second-order valence-electron chi connectivity index (χ2n) is 10.3. The SMILES string of the molecule is Cc1ccc(N(CC(=O)N(Cc2ccc(Cl)cc2)[C@H](C)C(=O)NC(C)(C)C)S(=O)(=O)c2ccccc2)cc1Cl. The maximum atomic E-state index is 13.9. The average Bonchev–Trinajstić information content (AvgIpc) is 2.87. The first-order valence-corrected chi connectivity index (χ1v) is 14.6. The fourth-order valence-corrected chi connectivity index (χ4v) is 5.56. The van der Waals surface area contributed by atoms with Crippen LogP contribution in [-0.2, 0) is 26.2 Å². The van der Waals surface area contributed by atoms with Crippen LogP contribution in [0, 0.1) is 6.92 Å². The molecule has 0 unspecified atom stereocenters. The van der Waals surface area contributed by atoms with Gasteiger partial charge in [-0.3, -0.25) is 13.9 Å². The molecule has 7 nitrogen and oxygen atoms in total. The summed E-state index contributed by atoms with van der Waals surface area (Å²) in [6, 6.07) is 18.7. The summed E-state index contributed by atoms with van der Waals surface area (Å²) in [6.07, 6.45) is 0. The van der Waals surface area contributed by atoms with Crippen LogP contribution in [0.2, 0.25) is 10.0 Å². The summed E-state index contributed by atoms with van der Waals surface area (Å²) in [7, 11) is -4.16. The Kier molecular flexibility index (Phi) is 9.69. The highest BCUT2D eigenvalue weighted by molar-refractivity contribution is 7.92. The second kappa shape index (κ2) is 12.4. The van der Waals surface area contributed by atoms with Crippen molar-refractivity contribution in [3.8, 4) is 0 Å². The summed E-state index contributed by atoms with van der Waals surface area (Å²) in [4.78, 5) is 28.4. The molecule has 0 fully saturated rings. The predicted molar refractivity (Wildman–Crippen MR) is 157 cm³/mol. The summed E-state index contributed by atoms with van der Waals surface area (Å²) >= 11 is 12.4. The summed E-state index contributed by atoms with van der Waals surface area (Å²) in [5.41, 5.74) is 1.21. The summed E-state index contributed by atoms with van der Waals surface area (Å²) in [6.45, 7) is 8.49. The minimum Gasteiger partial charge on any atom is -0.350 e. The van der Waals surface area contributed by atoms with Crippen LogP contribution in [0.5, 0.6) is 0 Å². The molecule has 3 rings (SSSR count). The number of carbonyl (C=O) groups excluding carboxylic acids is 2. The molecule has 0 saturated heterocycles. The number of aryl methyl sites for hydroxylation is 1. The predicted octanol–water partition coefficient (Wildman–Crippen LogP) is 5.83. The highest BCUT2D eigenvalue weighted by Crippen LogP contribution is 2.28. The van der Waals surface area contributed by atoms with Gasteiger partial charge in [0.2, 0.25) is 11.8 Å². The minimum atomic E-state index is -4.16. The number of halogens is 2. The number of anilines is 1. The van der Waals surface area contributed by atoms with Crippen molar-refractivity contribution >= 4 is 50.7 Å². The van der Waals surface area contributed by atoms with Gasteiger partial charge >= 0.3 is 0 Å². The van der Waals surface area contributed by atoms with E-state index in [0.29, 0.717) is 10.0 Å². The first kappa shape index (κ1) is 30.5. The van der Waals surface area contributed by atoms with Crippen molar-refractivity contribution in [2.24, 2.45) is 0 Å². The second-order valence-corrected chi connectivity index (χ2v) is 13.0. The van der Waals surface area contributed by atoms with E-state index in [2.05, 4.69) is 5.32 Å². The lowest BCUT2D eigenvalue weighted by Crippen LogP contribution is -2.54. The smallest absolute Gasteiger partial charge is 0.264 e. The molecule has 1 N–H and O–H groups in total. The number of hydrogen-bond acceptors (Lipinski definition) is 4. The largest absolute Gasteiger partial charge is 0.350 e. The van der Waals surface area contributed by atoms with Crippen LogP contribution in [-0.4, -0.2) is 43.3 Å². The maximum absolute atomic E-state index is 13.9. The van der Waals surface area contributed by atoms with Gasteiger partial charge in [0.25, 0.3) is 10.0 Å². The molecule has 0 radical (unpaired) electrons. The minimum absolute atomic E-state index is 0.0253. The molecule has 3 aromatic rings. The van der Waals surface area contributed by atoms with Crippen molar-refractivity contribution in [1.29, 1.82) is 0 Å². The molecule has 0 saturated carbocycles.